The quantitative estimate of drug-likeness (QED) is 0.902. The number of benzene rings is 1. The number of carbonyl (C=O) groups excluding carboxylic acids is 1. The molecule has 0 bridgehead atoms. The lowest BCUT2D eigenvalue weighted by Gasteiger charge is -2.31. The van der Waals surface area contributed by atoms with E-state index < -0.39 is 0 Å². The first-order valence-corrected chi connectivity index (χ1v) is 8.67. The highest BCUT2D eigenvalue weighted by Crippen LogP contribution is 2.25. The van der Waals surface area contributed by atoms with E-state index in [0.29, 0.717) is 18.3 Å². The van der Waals surface area contributed by atoms with Gasteiger partial charge >= 0.3 is 6.03 Å². The highest BCUT2D eigenvalue weighted by Gasteiger charge is 2.28. The monoisotopic (exact) mass is 344 g/mol. The first-order valence-electron chi connectivity index (χ1n) is 8.67. The highest BCUT2D eigenvalue weighted by atomic mass is 16.5. The summed E-state index contributed by atoms with van der Waals surface area (Å²) in [5.74, 6) is 1.95. The van der Waals surface area contributed by atoms with Crippen LogP contribution in [0.4, 0.5) is 4.79 Å². The number of hydrogen-bond donors (Lipinski definition) is 1. The number of nitrogens with one attached hydrogen (secondary N) is 1. The molecule has 7 heteroatoms. The van der Waals surface area contributed by atoms with Crippen LogP contribution in [-0.2, 0) is 6.61 Å². The molecule has 2 heterocycles. The van der Waals surface area contributed by atoms with Crippen LogP contribution >= 0.6 is 0 Å². The lowest BCUT2D eigenvalue weighted by atomic mass is 9.97. The molecule has 134 valence electrons. The number of ether oxygens (including phenoxy) is 1. The fourth-order valence-electron chi connectivity index (χ4n) is 2.86. The zero-order valence-corrected chi connectivity index (χ0v) is 14.6. The van der Waals surface area contributed by atoms with Crippen LogP contribution in [0.25, 0.3) is 0 Å². The topological polar surface area (TPSA) is 80.5 Å². The number of nitrogens with zero attached hydrogens (tertiary/aromatic N) is 3. The molecule has 25 heavy (non-hydrogen) atoms. The van der Waals surface area contributed by atoms with Crippen molar-refractivity contribution in [3.8, 4) is 5.75 Å². The Balaban J connectivity index is 1.57. The zero-order valence-electron chi connectivity index (χ0n) is 14.6. The van der Waals surface area contributed by atoms with Crippen molar-refractivity contribution in [2.75, 3.05) is 13.1 Å². The van der Waals surface area contributed by atoms with Crippen LogP contribution in [0.2, 0.25) is 0 Å². The van der Waals surface area contributed by atoms with Gasteiger partial charge < -0.3 is 19.5 Å². The van der Waals surface area contributed by atoms with E-state index >= 15 is 0 Å². The number of para-hydroxylation sites is 1. The Morgan fingerprint density at radius 1 is 1.40 bits per heavy atom. The molecule has 3 rings (SSSR count). The molecule has 1 fully saturated rings. The summed E-state index contributed by atoms with van der Waals surface area (Å²) in [4.78, 5) is 18.4. The van der Waals surface area contributed by atoms with Gasteiger partial charge in [0.1, 0.15) is 5.75 Å². The third-order valence-corrected chi connectivity index (χ3v) is 4.08. The van der Waals surface area contributed by atoms with E-state index in [2.05, 4.69) is 15.5 Å². The molecule has 1 saturated heterocycles. The van der Waals surface area contributed by atoms with Crippen LogP contribution < -0.4 is 10.1 Å². The minimum atomic E-state index is -0.0316. The van der Waals surface area contributed by atoms with Gasteiger partial charge in [0, 0.05) is 25.0 Å². The van der Waals surface area contributed by atoms with Crippen LogP contribution in [0.3, 0.4) is 0 Å². The van der Waals surface area contributed by atoms with E-state index in [4.69, 9.17) is 9.26 Å². The second-order valence-electron chi connectivity index (χ2n) is 6.54. The van der Waals surface area contributed by atoms with Gasteiger partial charge in [0.05, 0.1) is 0 Å². The lowest BCUT2D eigenvalue weighted by Crippen LogP contribution is -2.47. The second kappa shape index (κ2) is 8.00. The number of urea groups is 1. The average Bonchev–Trinajstić information content (AvgIpc) is 3.09. The first kappa shape index (κ1) is 17.3. The molecule has 0 spiro atoms. The zero-order chi connectivity index (χ0) is 17.6. The number of piperidine rings is 1. The van der Waals surface area contributed by atoms with Crippen molar-refractivity contribution in [1.29, 1.82) is 0 Å². The van der Waals surface area contributed by atoms with Gasteiger partial charge in [-0.1, -0.05) is 23.4 Å². The maximum absolute atomic E-state index is 12.2. The van der Waals surface area contributed by atoms with Crippen molar-refractivity contribution in [3.63, 3.8) is 0 Å². The van der Waals surface area contributed by atoms with Crippen molar-refractivity contribution in [3.05, 3.63) is 42.0 Å². The third kappa shape index (κ3) is 4.71. The summed E-state index contributed by atoms with van der Waals surface area (Å²) < 4.78 is 10.9. The summed E-state index contributed by atoms with van der Waals surface area (Å²) in [7, 11) is 0. The predicted molar refractivity (Wildman–Crippen MR) is 92.3 cm³/mol. The molecule has 0 aliphatic carbocycles. The summed E-state index contributed by atoms with van der Waals surface area (Å²) in [6.07, 6.45) is 1.88. The largest absolute Gasteiger partial charge is 0.484 e. The molecule has 1 aromatic carbocycles. The van der Waals surface area contributed by atoms with Gasteiger partial charge in [0.15, 0.2) is 12.4 Å². The number of hydrogen-bond acceptors (Lipinski definition) is 5. The molecule has 2 aromatic rings. The average molecular weight is 344 g/mol. The van der Waals surface area contributed by atoms with Crippen molar-refractivity contribution >= 4 is 6.03 Å². The Bertz CT molecular complexity index is 687. The van der Waals surface area contributed by atoms with Crippen molar-refractivity contribution in [2.24, 2.45) is 0 Å². The van der Waals surface area contributed by atoms with E-state index in [-0.39, 0.29) is 24.6 Å². The number of rotatable bonds is 5. The number of amides is 2. The Hall–Kier alpha value is -2.57. The summed E-state index contributed by atoms with van der Waals surface area (Å²) in [6, 6.07) is 9.60. The fraction of sp³-hybridized carbons (Fsp3) is 0.500. The van der Waals surface area contributed by atoms with E-state index in [1.165, 1.54) is 0 Å². The normalized spacial score (nSPS) is 17.6. The van der Waals surface area contributed by atoms with E-state index in [1.54, 1.807) is 0 Å². The minimum absolute atomic E-state index is 0.0316. The number of carbonyl (C=O) groups is 1. The van der Waals surface area contributed by atoms with Crippen molar-refractivity contribution < 1.29 is 14.1 Å². The van der Waals surface area contributed by atoms with Gasteiger partial charge in [-0.05, 0) is 38.8 Å². The van der Waals surface area contributed by atoms with Crippen LogP contribution in [0.5, 0.6) is 5.75 Å². The molecule has 1 unspecified atom stereocenters. The summed E-state index contributed by atoms with van der Waals surface area (Å²) >= 11 is 0. The summed E-state index contributed by atoms with van der Waals surface area (Å²) in [5.41, 5.74) is 0. The molecule has 0 saturated carbocycles. The SMILES string of the molecule is CC(C)NC(=O)N1CCCC(c2noc(COc3ccccc3)n2)C1. The summed E-state index contributed by atoms with van der Waals surface area (Å²) in [6.45, 7) is 5.52. The molecule has 7 nitrogen and oxygen atoms in total. The first-order chi connectivity index (χ1) is 12.1. The van der Waals surface area contributed by atoms with Crippen LogP contribution in [-0.4, -0.2) is 40.2 Å². The van der Waals surface area contributed by atoms with Gasteiger partial charge in [-0.3, -0.25) is 0 Å². The fourth-order valence-corrected chi connectivity index (χ4v) is 2.86. The van der Waals surface area contributed by atoms with Crippen molar-refractivity contribution in [1.82, 2.24) is 20.4 Å². The molecule has 0 radical (unpaired) electrons. The molecule has 1 aliphatic heterocycles. The highest BCUT2D eigenvalue weighted by molar-refractivity contribution is 5.74. The van der Waals surface area contributed by atoms with E-state index in [9.17, 15) is 4.79 Å². The van der Waals surface area contributed by atoms with Gasteiger partial charge in [-0.25, -0.2) is 4.79 Å². The number of aromatic nitrogens is 2. The van der Waals surface area contributed by atoms with Gasteiger partial charge in [0.25, 0.3) is 5.89 Å². The number of likely N-dealkylation sites (tertiary alicyclic amines) is 1. The lowest BCUT2D eigenvalue weighted by molar-refractivity contribution is 0.175. The van der Waals surface area contributed by atoms with E-state index in [1.807, 2.05) is 49.1 Å². The molecule has 2 amide bonds. The van der Waals surface area contributed by atoms with Gasteiger partial charge in [-0.2, -0.15) is 4.98 Å². The Kier molecular flexibility index (Phi) is 5.53. The summed E-state index contributed by atoms with van der Waals surface area (Å²) in [5, 5.41) is 7.01. The minimum Gasteiger partial charge on any atom is -0.484 e. The Labute approximate surface area is 147 Å². The van der Waals surface area contributed by atoms with Gasteiger partial charge in [-0.15, -0.1) is 0 Å². The molecule has 1 aliphatic rings. The predicted octanol–water partition coefficient (Wildman–Crippen LogP) is 2.95. The van der Waals surface area contributed by atoms with E-state index in [0.717, 1.165) is 25.1 Å². The molecule has 1 atom stereocenters. The standard InChI is InChI=1S/C18H24N4O3/c1-13(2)19-18(23)22-10-6-7-14(11-22)17-20-16(25-21-17)12-24-15-8-4-3-5-9-15/h3-5,8-9,13-14H,6-7,10-12H2,1-2H3,(H,19,23). The maximum atomic E-state index is 12.2. The second-order valence-corrected chi connectivity index (χ2v) is 6.54. The molecular formula is C18H24N4O3. The Morgan fingerprint density at radius 2 is 2.20 bits per heavy atom. The Morgan fingerprint density at radius 3 is 2.96 bits per heavy atom. The molecule has 1 aromatic heterocycles. The van der Waals surface area contributed by atoms with Crippen LogP contribution in [0.15, 0.2) is 34.9 Å². The van der Waals surface area contributed by atoms with Crippen LogP contribution in [0, 0.1) is 0 Å². The van der Waals surface area contributed by atoms with Crippen LogP contribution in [0.1, 0.15) is 44.3 Å². The molecule has 1 N–H and O–H groups in total. The van der Waals surface area contributed by atoms with Gasteiger partial charge in [0.2, 0.25) is 0 Å². The smallest absolute Gasteiger partial charge is 0.317 e. The third-order valence-electron chi connectivity index (χ3n) is 4.08. The van der Waals surface area contributed by atoms with Crippen molar-refractivity contribution in [2.45, 2.75) is 45.3 Å². The maximum Gasteiger partial charge on any atom is 0.317 e. The molecular weight excluding hydrogens is 320 g/mol.